The van der Waals surface area contributed by atoms with Crippen LogP contribution in [-0.2, 0) is 14.3 Å². The van der Waals surface area contributed by atoms with Gasteiger partial charge >= 0.3 is 5.97 Å². The summed E-state index contributed by atoms with van der Waals surface area (Å²) >= 11 is 0. The third-order valence-corrected chi connectivity index (χ3v) is 1.72. The summed E-state index contributed by atoms with van der Waals surface area (Å²) in [6, 6.07) is 0. The minimum atomic E-state index is -1.12. The van der Waals surface area contributed by atoms with Gasteiger partial charge in [0.05, 0.1) is 6.42 Å². The molecule has 1 atom stereocenters. The largest absolute Gasteiger partial charge is 0.476 e. The molecule has 58 valence electrons. The quantitative estimate of drug-likeness (QED) is 0.518. The Morgan fingerprint density at radius 3 is 3.00 bits per heavy atom. The Balaban J connectivity index is 2.24. The third-order valence-electron chi connectivity index (χ3n) is 1.72. The first-order valence-corrected chi connectivity index (χ1v) is 3.11. The van der Waals surface area contributed by atoms with E-state index in [1.807, 2.05) is 0 Å². The predicted molar refractivity (Wildman–Crippen MR) is 32.1 cm³/mol. The molecule has 1 fully saturated rings. The van der Waals surface area contributed by atoms with Crippen LogP contribution in [0.5, 0.6) is 0 Å². The Hall–Kier alpha value is -1.52. The highest BCUT2D eigenvalue weighted by Crippen LogP contribution is 2.31. The number of amides is 1. The zero-order valence-corrected chi connectivity index (χ0v) is 5.48. The molecule has 2 aliphatic rings. The first-order valence-electron chi connectivity index (χ1n) is 3.11. The molecule has 0 saturated carbocycles. The number of carbonyl (C=O) groups excluding carboxylic acids is 1. The normalized spacial score (nSPS) is 26.9. The van der Waals surface area contributed by atoms with E-state index in [-0.39, 0.29) is 24.3 Å². The van der Waals surface area contributed by atoms with Crippen molar-refractivity contribution in [2.75, 3.05) is 0 Å². The summed E-state index contributed by atoms with van der Waals surface area (Å²) in [5, 5.41) is 8.51. The van der Waals surface area contributed by atoms with Gasteiger partial charge in [-0.15, -0.1) is 0 Å². The molecule has 1 saturated heterocycles. The minimum absolute atomic E-state index is 0.0637. The highest BCUT2D eigenvalue weighted by atomic mass is 16.5. The summed E-state index contributed by atoms with van der Waals surface area (Å²) in [4.78, 5) is 22.3. The smallest absolute Gasteiger partial charge is 0.355 e. The van der Waals surface area contributed by atoms with Gasteiger partial charge < -0.3 is 9.84 Å². The van der Waals surface area contributed by atoms with Crippen molar-refractivity contribution in [2.45, 2.75) is 12.6 Å². The lowest BCUT2D eigenvalue weighted by Gasteiger charge is -2.32. The van der Waals surface area contributed by atoms with Gasteiger partial charge in [-0.25, -0.2) is 4.79 Å². The molecule has 2 aliphatic heterocycles. The summed E-state index contributed by atoms with van der Waals surface area (Å²) < 4.78 is 4.86. The molecule has 2 rings (SSSR count). The zero-order chi connectivity index (χ0) is 8.01. The average molecular weight is 155 g/mol. The Labute approximate surface area is 61.9 Å². The van der Waals surface area contributed by atoms with Crippen LogP contribution in [0.15, 0.2) is 12.0 Å². The number of fused-ring (bicyclic) bond motifs is 1. The lowest BCUT2D eigenvalue weighted by atomic mass is 10.1. The monoisotopic (exact) mass is 155 g/mol. The number of carboxylic acids is 1. The van der Waals surface area contributed by atoms with Crippen molar-refractivity contribution in [2.24, 2.45) is 0 Å². The summed E-state index contributed by atoms with van der Waals surface area (Å²) in [5.41, 5.74) is -0.0637. The maximum Gasteiger partial charge on any atom is 0.355 e. The fourth-order valence-corrected chi connectivity index (χ4v) is 1.14. The van der Waals surface area contributed by atoms with Gasteiger partial charge in [0.15, 0.2) is 11.9 Å². The van der Waals surface area contributed by atoms with Crippen LogP contribution in [0, 0.1) is 0 Å². The first-order chi connectivity index (χ1) is 5.20. The molecule has 0 aromatic carbocycles. The van der Waals surface area contributed by atoms with Crippen molar-refractivity contribution in [3.63, 3.8) is 0 Å². The van der Waals surface area contributed by atoms with Gasteiger partial charge in [-0.05, 0) is 0 Å². The van der Waals surface area contributed by atoms with Gasteiger partial charge in [0, 0.05) is 0 Å². The van der Waals surface area contributed by atoms with Crippen LogP contribution in [0.1, 0.15) is 6.42 Å². The molecule has 2 heterocycles. The van der Waals surface area contributed by atoms with Gasteiger partial charge in [0.25, 0.3) is 0 Å². The molecule has 0 aromatic rings. The van der Waals surface area contributed by atoms with Crippen LogP contribution in [0.4, 0.5) is 0 Å². The standard InChI is InChI=1S/C6H5NO4/c8-4-1-5-7(4)3(2-11-5)6(9)10/h2,5H,1H2,(H,9,10)/t5-/m0/s1. The average Bonchev–Trinajstić information content (AvgIpc) is 2.25. The summed E-state index contributed by atoms with van der Waals surface area (Å²) in [7, 11) is 0. The number of β-lactam (4-membered cyclic amide) rings is 1. The van der Waals surface area contributed by atoms with Crippen LogP contribution in [0.25, 0.3) is 0 Å². The van der Waals surface area contributed by atoms with E-state index in [1.54, 1.807) is 0 Å². The maximum atomic E-state index is 10.8. The van der Waals surface area contributed by atoms with Gasteiger partial charge in [-0.1, -0.05) is 0 Å². The molecular weight excluding hydrogens is 150 g/mol. The molecule has 0 aliphatic carbocycles. The van der Waals surface area contributed by atoms with E-state index >= 15 is 0 Å². The zero-order valence-electron chi connectivity index (χ0n) is 5.48. The second kappa shape index (κ2) is 1.75. The maximum absolute atomic E-state index is 10.8. The number of rotatable bonds is 1. The summed E-state index contributed by atoms with van der Waals surface area (Å²) in [6.07, 6.45) is 1.04. The van der Waals surface area contributed by atoms with Crippen LogP contribution < -0.4 is 0 Å². The molecular formula is C6H5NO4. The van der Waals surface area contributed by atoms with E-state index in [2.05, 4.69) is 0 Å². The third kappa shape index (κ3) is 0.646. The Morgan fingerprint density at radius 2 is 2.55 bits per heavy atom. The molecule has 1 amide bonds. The molecule has 5 heteroatoms. The van der Waals surface area contributed by atoms with Crippen LogP contribution in [0.2, 0.25) is 0 Å². The lowest BCUT2D eigenvalue weighted by Crippen LogP contribution is -2.50. The molecule has 0 bridgehead atoms. The van der Waals surface area contributed by atoms with Gasteiger partial charge in [0.1, 0.15) is 6.26 Å². The highest BCUT2D eigenvalue weighted by molar-refractivity contribution is 5.96. The van der Waals surface area contributed by atoms with Crippen molar-refractivity contribution >= 4 is 11.9 Å². The second-order valence-electron chi connectivity index (χ2n) is 2.37. The van der Waals surface area contributed by atoms with E-state index in [0.717, 1.165) is 11.2 Å². The van der Waals surface area contributed by atoms with E-state index in [1.165, 1.54) is 0 Å². The number of ether oxygens (including phenoxy) is 1. The Kier molecular flexibility index (Phi) is 0.986. The van der Waals surface area contributed by atoms with Crippen molar-refractivity contribution in [1.29, 1.82) is 0 Å². The number of hydrogen-bond acceptors (Lipinski definition) is 3. The van der Waals surface area contributed by atoms with Crippen molar-refractivity contribution < 1.29 is 19.4 Å². The minimum Gasteiger partial charge on any atom is -0.476 e. The van der Waals surface area contributed by atoms with Crippen LogP contribution in [0.3, 0.4) is 0 Å². The number of hydrogen-bond donors (Lipinski definition) is 1. The molecule has 1 N–H and O–H groups in total. The summed E-state index contributed by atoms with van der Waals surface area (Å²) in [5.74, 6) is -1.32. The van der Waals surface area contributed by atoms with Gasteiger partial charge in [0.2, 0.25) is 5.91 Å². The SMILES string of the molecule is O=C(O)C1=CO[C@H]2CC(=O)N12. The number of carboxylic acid groups (broad SMARTS) is 1. The predicted octanol–water partition coefficient (Wildman–Crippen LogP) is -0.499. The van der Waals surface area contributed by atoms with Crippen molar-refractivity contribution in [3.8, 4) is 0 Å². The molecule has 0 unspecified atom stereocenters. The van der Waals surface area contributed by atoms with Gasteiger partial charge in [-0.3, -0.25) is 9.69 Å². The van der Waals surface area contributed by atoms with Crippen molar-refractivity contribution in [3.05, 3.63) is 12.0 Å². The first kappa shape index (κ1) is 6.21. The number of aliphatic carboxylic acids is 1. The summed E-state index contributed by atoms with van der Waals surface area (Å²) in [6.45, 7) is 0. The number of nitrogens with zero attached hydrogens (tertiary/aromatic N) is 1. The van der Waals surface area contributed by atoms with E-state index in [0.29, 0.717) is 0 Å². The molecule has 11 heavy (non-hydrogen) atoms. The fourth-order valence-electron chi connectivity index (χ4n) is 1.14. The fraction of sp³-hybridized carbons (Fsp3) is 0.333. The molecule has 0 radical (unpaired) electrons. The van der Waals surface area contributed by atoms with Crippen LogP contribution in [-0.4, -0.2) is 28.1 Å². The van der Waals surface area contributed by atoms with Crippen LogP contribution >= 0.6 is 0 Å². The van der Waals surface area contributed by atoms with E-state index in [4.69, 9.17) is 9.84 Å². The Morgan fingerprint density at radius 1 is 1.82 bits per heavy atom. The van der Waals surface area contributed by atoms with Crippen molar-refractivity contribution in [1.82, 2.24) is 4.90 Å². The highest BCUT2D eigenvalue weighted by Gasteiger charge is 2.46. The molecule has 5 nitrogen and oxygen atoms in total. The molecule has 0 aromatic heterocycles. The van der Waals surface area contributed by atoms with E-state index in [9.17, 15) is 9.59 Å². The molecule has 0 spiro atoms. The van der Waals surface area contributed by atoms with Gasteiger partial charge in [-0.2, -0.15) is 0 Å². The lowest BCUT2D eigenvalue weighted by molar-refractivity contribution is -0.157. The second-order valence-corrected chi connectivity index (χ2v) is 2.37. The van der Waals surface area contributed by atoms with E-state index < -0.39 is 5.97 Å². The topological polar surface area (TPSA) is 66.8 Å². The number of carbonyl (C=O) groups is 2. The Bertz CT molecular complexity index is 270.